The minimum Gasteiger partial charge on any atom is -0.258 e. The molecular weight excluding hydrogens is 282 g/mol. The van der Waals surface area contributed by atoms with E-state index in [9.17, 15) is 18.5 Å². The number of nitrogens with one attached hydrogen (secondary N) is 1. The van der Waals surface area contributed by atoms with E-state index in [1.165, 1.54) is 32.3 Å². The molecule has 7 nitrogen and oxygen atoms in total. The van der Waals surface area contributed by atoms with Crippen molar-refractivity contribution < 1.29 is 13.3 Å². The quantitative estimate of drug-likeness (QED) is 0.470. The summed E-state index contributed by atoms with van der Waals surface area (Å²) in [5.74, 6) is 0. The largest absolute Gasteiger partial charge is 0.279 e. The summed E-state index contributed by atoms with van der Waals surface area (Å²) >= 11 is 0. The molecule has 0 aliphatic rings. The van der Waals surface area contributed by atoms with Crippen molar-refractivity contribution >= 4 is 15.9 Å². The Kier molecular flexibility index (Phi) is 5.37. The zero-order chi connectivity index (χ0) is 15.3. The topological polar surface area (TPSA) is 92.6 Å². The van der Waals surface area contributed by atoms with Gasteiger partial charge in [0.05, 0.1) is 11.0 Å². The summed E-state index contributed by atoms with van der Waals surface area (Å²) in [6, 6.07) is 5.27. The fourth-order valence-corrected chi connectivity index (χ4v) is 2.36. The van der Waals surface area contributed by atoms with Crippen LogP contribution in [0.5, 0.6) is 0 Å². The Bertz CT molecular complexity index is 598. The molecule has 1 unspecified atom stereocenters. The number of hydrogen-bond acceptors (Lipinski definition) is 4. The lowest BCUT2D eigenvalue weighted by atomic mass is 10.0. The summed E-state index contributed by atoms with van der Waals surface area (Å²) in [6.07, 6.45) is 1.88. The zero-order valence-electron chi connectivity index (χ0n) is 11.3. The lowest BCUT2D eigenvalue weighted by Crippen LogP contribution is -2.37. The van der Waals surface area contributed by atoms with Crippen LogP contribution < -0.4 is 4.72 Å². The average molecular weight is 299 g/mol. The number of rotatable bonds is 7. The van der Waals surface area contributed by atoms with E-state index in [0.29, 0.717) is 12.0 Å². The van der Waals surface area contributed by atoms with Gasteiger partial charge in [-0.2, -0.15) is 17.4 Å². The van der Waals surface area contributed by atoms with E-state index in [4.69, 9.17) is 0 Å². The molecule has 0 saturated carbocycles. The molecule has 8 heteroatoms. The number of benzene rings is 1. The first-order valence-electron chi connectivity index (χ1n) is 5.83. The van der Waals surface area contributed by atoms with Gasteiger partial charge in [-0.15, -0.1) is 6.58 Å². The summed E-state index contributed by atoms with van der Waals surface area (Å²) in [5.41, 5.74) is 0.435. The van der Waals surface area contributed by atoms with E-state index in [1.807, 2.05) is 0 Å². The molecule has 20 heavy (non-hydrogen) atoms. The highest BCUT2D eigenvalue weighted by atomic mass is 32.2. The predicted octanol–water partition coefficient (Wildman–Crippen LogP) is 1.61. The van der Waals surface area contributed by atoms with Crippen molar-refractivity contribution in [2.45, 2.75) is 12.5 Å². The lowest BCUT2D eigenvalue weighted by Gasteiger charge is -2.20. The van der Waals surface area contributed by atoms with Gasteiger partial charge in [-0.25, -0.2) is 0 Å². The van der Waals surface area contributed by atoms with E-state index in [-0.39, 0.29) is 5.69 Å². The van der Waals surface area contributed by atoms with Crippen molar-refractivity contribution in [2.75, 3.05) is 14.1 Å². The van der Waals surface area contributed by atoms with E-state index >= 15 is 0 Å². The van der Waals surface area contributed by atoms with Crippen LogP contribution in [0.25, 0.3) is 0 Å². The zero-order valence-corrected chi connectivity index (χ0v) is 12.1. The van der Waals surface area contributed by atoms with E-state index in [0.717, 1.165) is 4.31 Å². The van der Waals surface area contributed by atoms with Crippen molar-refractivity contribution in [1.82, 2.24) is 9.03 Å². The van der Waals surface area contributed by atoms with Gasteiger partial charge in [0.15, 0.2) is 0 Å². The first kappa shape index (κ1) is 16.3. The maximum Gasteiger partial charge on any atom is 0.279 e. The smallest absolute Gasteiger partial charge is 0.258 e. The second-order valence-electron chi connectivity index (χ2n) is 4.33. The van der Waals surface area contributed by atoms with Gasteiger partial charge in [-0.3, -0.25) is 10.1 Å². The molecule has 1 aromatic carbocycles. The molecule has 0 bridgehead atoms. The van der Waals surface area contributed by atoms with Gasteiger partial charge in [0.2, 0.25) is 0 Å². The number of nitro groups is 1. The first-order chi connectivity index (χ1) is 9.27. The van der Waals surface area contributed by atoms with Crippen LogP contribution in [-0.4, -0.2) is 31.7 Å². The summed E-state index contributed by atoms with van der Waals surface area (Å²) in [5, 5.41) is 10.8. The van der Waals surface area contributed by atoms with E-state index in [1.54, 1.807) is 12.1 Å². The monoisotopic (exact) mass is 299 g/mol. The molecule has 0 saturated heterocycles. The van der Waals surface area contributed by atoms with Crippen molar-refractivity contribution in [2.24, 2.45) is 0 Å². The molecular formula is C12H17N3O4S. The van der Waals surface area contributed by atoms with Crippen LogP contribution in [0.3, 0.4) is 0 Å². The third-order valence-corrected chi connectivity index (χ3v) is 4.20. The molecule has 110 valence electrons. The SMILES string of the molecule is C=CCC(NS(=O)(=O)N(C)C)c1cccc([N+](=O)[O-])c1. The molecule has 1 rings (SSSR count). The molecule has 1 N–H and O–H groups in total. The summed E-state index contributed by atoms with van der Waals surface area (Å²) in [7, 11) is -0.828. The highest BCUT2D eigenvalue weighted by Crippen LogP contribution is 2.23. The van der Waals surface area contributed by atoms with E-state index < -0.39 is 21.2 Å². The number of hydrogen-bond donors (Lipinski definition) is 1. The molecule has 0 aromatic heterocycles. The van der Waals surface area contributed by atoms with Crippen LogP contribution in [0.1, 0.15) is 18.0 Å². The van der Waals surface area contributed by atoms with Gasteiger partial charge in [-0.1, -0.05) is 18.2 Å². The van der Waals surface area contributed by atoms with Gasteiger partial charge >= 0.3 is 0 Å². The lowest BCUT2D eigenvalue weighted by molar-refractivity contribution is -0.384. The van der Waals surface area contributed by atoms with Gasteiger partial charge in [-0.05, 0) is 12.0 Å². The first-order valence-corrected chi connectivity index (χ1v) is 7.27. The van der Waals surface area contributed by atoms with Gasteiger partial charge < -0.3 is 0 Å². The number of nitrogens with zero attached hydrogens (tertiary/aromatic N) is 2. The van der Waals surface area contributed by atoms with Crippen molar-refractivity contribution in [3.63, 3.8) is 0 Å². The van der Waals surface area contributed by atoms with Crippen LogP contribution in [0.15, 0.2) is 36.9 Å². The molecule has 0 aliphatic carbocycles. The molecule has 1 atom stereocenters. The molecule has 1 aromatic rings. The Morgan fingerprint density at radius 2 is 2.15 bits per heavy atom. The third-order valence-electron chi connectivity index (χ3n) is 2.66. The van der Waals surface area contributed by atoms with Crippen molar-refractivity contribution in [3.8, 4) is 0 Å². The Labute approximate surface area is 118 Å². The Hall–Kier alpha value is -1.77. The molecule has 0 spiro atoms. The predicted molar refractivity (Wildman–Crippen MR) is 76.4 cm³/mol. The molecule has 0 aliphatic heterocycles. The summed E-state index contributed by atoms with van der Waals surface area (Å²) in [4.78, 5) is 10.2. The van der Waals surface area contributed by atoms with Crippen LogP contribution in [0.2, 0.25) is 0 Å². The standard InChI is InChI=1S/C12H17N3O4S/c1-4-6-12(13-20(18,19)14(2)3)10-7-5-8-11(9-10)15(16)17/h4-5,7-9,12-13H,1,6H2,2-3H3. The maximum absolute atomic E-state index is 11.9. The normalized spacial score (nSPS) is 13.2. The van der Waals surface area contributed by atoms with Gasteiger partial charge in [0.25, 0.3) is 15.9 Å². The summed E-state index contributed by atoms with van der Waals surface area (Å²) in [6.45, 7) is 3.58. The van der Waals surface area contributed by atoms with Crippen molar-refractivity contribution in [3.05, 3.63) is 52.6 Å². The molecule has 0 amide bonds. The van der Waals surface area contributed by atoms with E-state index in [2.05, 4.69) is 11.3 Å². The van der Waals surface area contributed by atoms with Crippen LogP contribution in [0, 0.1) is 10.1 Å². The molecule has 0 heterocycles. The average Bonchev–Trinajstić information content (AvgIpc) is 2.38. The highest BCUT2D eigenvalue weighted by molar-refractivity contribution is 7.87. The second kappa shape index (κ2) is 6.60. The molecule has 0 fully saturated rings. The Morgan fingerprint density at radius 1 is 1.50 bits per heavy atom. The van der Waals surface area contributed by atoms with Gasteiger partial charge in [0.1, 0.15) is 0 Å². The third kappa shape index (κ3) is 4.12. The van der Waals surface area contributed by atoms with Gasteiger partial charge in [0, 0.05) is 26.2 Å². The highest BCUT2D eigenvalue weighted by Gasteiger charge is 2.21. The fraction of sp³-hybridized carbons (Fsp3) is 0.333. The number of nitro benzene ring substituents is 1. The Balaban J connectivity index is 3.11. The number of non-ortho nitro benzene ring substituents is 1. The van der Waals surface area contributed by atoms with Crippen molar-refractivity contribution in [1.29, 1.82) is 0 Å². The molecule has 0 radical (unpaired) electrons. The van der Waals surface area contributed by atoms with Crippen LogP contribution in [-0.2, 0) is 10.2 Å². The summed E-state index contributed by atoms with van der Waals surface area (Å²) < 4.78 is 27.2. The maximum atomic E-state index is 11.9. The fourth-order valence-electron chi connectivity index (χ4n) is 1.56. The minimum absolute atomic E-state index is 0.0828. The Morgan fingerprint density at radius 3 is 2.65 bits per heavy atom. The minimum atomic E-state index is -3.64. The van der Waals surface area contributed by atoms with Crippen LogP contribution >= 0.6 is 0 Å². The second-order valence-corrected chi connectivity index (χ2v) is 6.25. The van der Waals surface area contributed by atoms with Crippen LogP contribution in [0.4, 0.5) is 5.69 Å².